The second-order valence-electron chi connectivity index (χ2n) is 3.64. The maximum absolute atomic E-state index is 5.52. The molecule has 15 heavy (non-hydrogen) atoms. The van der Waals surface area contributed by atoms with Crippen LogP contribution in [0.1, 0.15) is 0 Å². The summed E-state index contributed by atoms with van der Waals surface area (Å²) in [4.78, 5) is 0. The van der Waals surface area contributed by atoms with Crippen molar-refractivity contribution in [1.82, 2.24) is 0 Å². The van der Waals surface area contributed by atoms with E-state index in [-0.39, 0.29) is 7.12 Å². The Morgan fingerprint density at radius 3 is 2.47 bits per heavy atom. The van der Waals surface area contributed by atoms with Crippen molar-refractivity contribution < 1.29 is 9.31 Å². The van der Waals surface area contributed by atoms with Gasteiger partial charge in [-0.15, -0.1) is 0 Å². The highest BCUT2D eigenvalue weighted by molar-refractivity contribution is 6.64. The quantitative estimate of drug-likeness (QED) is 0.647. The smallest absolute Gasteiger partial charge is 0.405 e. The van der Waals surface area contributed by atoms with Crippen LogP contribution in [0.5, 0.6) is 0 Å². The van der Waals surface area contributed by atoms with Gasteiger partial charge in [-0.25, -0.2) is 0 Å². The SMILES string of the molecule is c1ccc2c(B3OCCO3)cccc2c1. The predicted octanol–water partition coefficient (Wildman–Crippen LogP) is 1.58. The van der Waals surface area contributed by atoms with Crippen molar-refractivity contribution in [3.63, 3.8) is 0 Å². The van der Waals surface area contributed by atoms with Crippen molar-refractivity contribution in [2.75, 3.05) is 13.2 Å². The zero-order valence-corrected chi connectivity index (χ0v) is 8.35. The molecular weight excluding hydrogens is 187 g/mol. The minimum absolute atomic E-state index is 0.184. The van der Waals surface area contributed by atoms with Crippen LogP contribution in [0.15, 0.2) is 42.5 Å². The Kier molecular flexibility index (Phi) is 2.20. The lowest BCUT2D eigenvalue weighted by Crippen LogP contribution is -2.32. The minimum Gasteiger partial charge on any atom is -0.405 e. The summed E-state index contributed by atoms with van der Waals surface area (Å²) in [5, 5.41) is 2.45. The van der Waals surface area contributed by atoms with Crippen LogP contribution in [0.3, 0.4) is 0 Å². The van der Waals surface area contributed by atoms with E-state index in [1.165, 1.54) is 10.8 Å². The molecule has 2 aromatic carbocycles. The van der Waals surface area contributed by atoms with Crippen molar-refractivity contribution in [2.24, 2.45) is 0 Å². The number of rotatable bonds is 1. The van der Waals surface area contributed by atoms with Gasteiger partial charge in [-0.2, -0.15) is 0 Å². The molecule has 3 heteroatoms. The topological polar surface area (TPSA) is 18.5 Å². The van der Waals surface area contributed by atoms with E-state index in [0.717, 1.165) is 5.46 Å². The van der Waals surface area contributed by atoms with E-state index in [4.69, 9.17) is 9.31 Å². The number of benzene rings is 2. The molecule has 0 radical (unpaired) electrons. The third kappa shape index (κ3) is 1.54. The first-order valence-corrected chi connectivity index (χ1v) is 5.16. The van der Waals surface area contributed by atoms with Gasteiger partial charge in [-0.3, -0.25) is 0 Å². The number of fused-ring (bicyclic) bond motifs is 1. The van der Waals surface area contributed by atoms with Crippen molar-refractivity contribution in [3.8, 4) is 0 Å². The molecule has 0 aromatic heterocycles. The second-order valence-corrected chi connectivity index (χ2v) is 3.64. The maximum atomic E-state index is 5.52. The fourth-order valence-corrected chi connectivity index (χ4v) is 1.99. The molecular formula is C12H11BO2. The van der Waals surface area contributed by atoms with Gasteiger partial charge in [-0.1, -0.05) is 42.5 Å². The van der Waals surface area contributed by atoms with Crippen molar-refractivity contribution in [1.29, 1.82) is 0 Å². The van der Waals surface area contributed by atoms with Gasteiger partial charge in [0.25, 0.3) is 0 Å². The summed E-state index contributed by atoms with van der Waals surface area (Å²) in [6.07, 6.45) is 0. The van der Waals surface area contributed by atoms with Crippen LogP contribution >= 0.6 is 0 Å². The van der Waals surface area contributed by atoms with Crippen LogP contribution < -0.4 is 5.46 Å². The van der Waals surface area contributed by atoms with Gasteiger partial charge in [0, 0.05) is 0 Å². The summed E-state index contributed by atoms with van der Waals surface area (Å²) < 4.78 is 11.0. The lowest BCUT2D eigenvalue weighted by atomic mass is 9.76. The highest BCUT2D eigenvalue weighted by Crippen LogP contribution is 2.13. The maximum Gasteiger partial charge on any atom is 0.494 e. The molecule has 0 amide bonds. The molecule has 1 saturated heterocycles. The minimum atomic E-state index is -0.184. The Morgan fingerprint density at radius 1 is 0.867 bits per heavy atom. The molecule has 3 rings (SSSR count). The molecule has 0 atom stereocenters. The molecule has 0 N–H and O–H groups in total. The van der Waals surface area contributed by atoms with E-state index in [9.17, 15) is 0 Å². The van der Waals surface area contributed by atoms with E-state index in [0.29, 0.717) is 13.2 Å². The van der Waals surface area contributed by atoms with E-state index >= 15 is 0 Å². The van der Waals surface area contributed by atoms with E-state index < -0.39 is 0 Å². The summed E-state index contributed by atoms with van der Waals surface area (Å²) in [6.45, 7) is 1.38. The monoisotopic (exact) mass is 198 g/mol. The van der Waals surface area contributed by atoms with Gasteiger partial charge in [0.05, 0.1) is 13.2 Å². The number of hydrogen-bond acceptors (Lipinski definition) is 2. The highest BCUT2D eigenvalue weighted by Gasteiger charge is 2.27. The van der Waals surface area contributed by atoms with Crippen LogP contribution in [0.2, 0.25) is 0 Å². The van der Waals surface area contributed by atoms with Crippen molar-refractivity contribution in [3.05, 3.63) is 42.5 Å². The molecule has 1 heterocycles. The zero-order chi connectivity index (χ0) is 10.1. The Hall–Kier alpha value is -1.32. The molecule has 0 bridgehead atoms. The molecule has 74 valence electrons. The Bertz CT molecular complexity index is 473. The van der Waals surface area contributed by atoms with E-state index in [1.54, 1.807) is 0 Å². The van der Waals surface area contributed by atoms with Gasteiger partial charge in [0.15, 0.2) is 0 Å². The van der Waals surface area contributed by atoms with Crippen LogP contribution in [0.4, 0.5) is 0 Å². The molecule has 1 fully saturated rings. The molecule has 1 aliphatic heterocycles. The third-order valence-electron chi connectivity index (χ3n) is 2.70. The average molecular weight is 198 g/mol. The third-order valence-corrected chi connectivity index (χ3v) is 2.70. The summed E-state index contributed by atoms with van der Waals surface area (Å²) in [7, 11) is -0.184. The molecule has 2 aromatic rings. The van der Waals surface area contributed by atoms with Gasteiger partial charge < -0.3 is 9.31 Å². The van der Waals surface area contributed by atoms with Crippen LogP contribution in [0, 0.1) is 0 Å². The first-order chi connectivity index (χ1) is 7.45. The number of hydrogen-bond donors (Lipinski definition) is 0. The fraction of sp³-hybridized carbons (Fsp3) is 0.167. The lowest BCUT2D eigenvalue weighted by molar-refractivity contribution is 0.365. The van der Waals surface area contributed by atoms with Crippen LogP contribution in [-0.4, -0.2) is 20.3 Å². The molecule has 0 saturated carbocycles. The van der Waals surface area contributed by atoms with Crippen molar-refractivity contribution in [2.45, 2.75) is 0 Å². The van der Waals surface area contributed by atoms with E-state index in [1.807, 2.05) is 18.2 Å². The second kappa shape index (κ2) is 3.68. The highest BCUT2D eigenvalue weighted by atomic mass is 16.6. The molecule has 0 spiro atoms. The molecule has 1 aliphatic rings. The summed E-state index contributed by atoms with van der Waals surface area (Å²) in [6, 6.07) is 14.5. The first-order valence-electron chi connectivity index (χ1n) is 5.16. The van der Waals surface area contributed by atoms with Crippen LogP contribution in [0.25, 0.3) is 10.8 Å². The molecule has 2 nitrogen and oxygen atoms in total. The van der Waals surface area contributed by atoms with Gasteiger partial charge >= 0.3 is 7.12 Å². The normalized spacial score (nSPS) is 16.1. The Balaban J connectivity index is 2.16. The first kappa shape index (κ1) is 8.95. The Labute approximate surface area is 89.0 Å². The lowest BCUT2D eigenvalue weighted by Gasteiger charge is -2.07. The Morgan fingerprint density at radius 2 is 1.60 bits per heavy atom. The predicted molar refractivity (Wildman–Crippen MR) is 61.2 cm³/mol. The standard InChI is InChI=1S/C12H11BO2/c1-2-6-11-10(4-1)5-3-7-12(11)13-14-8-9-15-13/h1-7H,8-9H2. The fourth-order valence-electron chi connectivity index (χ4n) is 1.99. The van der Waals surface area contributed by atoms with Gasteiger partial charge in [-0.05, 0) is 16.2 Å². The van der Waals surface area contributed by atoms with E-state index in [2.05, 4.69) is 24.3 Å². The van der Waals surface area contributed by atoms with Gasteiger partial charge in [0.2, 0.25) is 0 Å². The zero-order valence-electron chi connectivity index (χ0n) is 8.35. The average Bonchev–Trinajstić information content (AvgIpc) is 2.82. The summed E-state index contributed by atoms with van der Waals surface area (Å²) in [5.41, 5.74) is 1.13. The molecule has 0 unspecified atom stereocenters. The summed E-state index contributed by atoms with van der Waals surface area (Å²) in [5.74, 6) is 0. The summed E-state index contributed by atoms with van der Waals surface area (Å²) >= 11 is 0. The van der Waals surface area contributed by atoms with Gasteiger partial charge in [0.1, 0.15) is 0 Å². The van der Waals surface area contributed by atoms with Crippen LogP contribution in [-0.2, 0) is 9.31 Å². The largest absolute Gasteiger partial charge is 0.494 e. The molecule has 0 aliphatic carbocycles. The van der Waals surface area contributed by atoms with Crippen molar-refractivity contribution >= 4 is 23.4 Å².